The van der Waals surface area contributed by atoms with Crippen LogP contribution in [0, 0.1) is 0 Å². The van der Waals surface area contributed by atoms with E-state index in [1.807, 2.05) is 0 Å². The number of hydrogen-bond donors (Lipinski definition) is 2. The van der Waals surface area contributed by atoms with Crippen molar-refractivity contribution < 1.29 is 22.7 Å². The van der Waals surface area contributed by atoms with E-state index in [1.165, 1.54) is 24.3 Å². The number of halogens is 4. The van der Waals surface area contributed by atoms with Crippen LogP contribution >= 0.6 is 11.6 Å². The van der Waals surface area contributed by atoms with E-state index in [1.54, 1.807) is 12.1 Å². The molecular weight excluding hydrogens is 369 g/mol. The maximum Gasteiger partial charge on any atom is 0.409 e. The van der Waals surface area contributed by atoms with E-state index in [-0.39, 0.29) is 6.08 Å². The van der Waals surface area contributed by atoms with Crippen molar-refractivity contribution >= 4 is 35.0 Å². The van der Waals surface area contributed by atoms with Crippen LogP contribution in [0.3, 0.4) is 0 Å². The lowest BCUT2D eigenvalue weighted by Gasteiger charge is -2.20. The van der Waals surface area contributed by atoms with Crippen molar-refractivity contribution in [2.45, 2.75) is 6.18 Å². The summed E-state index contributed by atoms with van der Waals surface area (Å²) in [4.78, 5) is 12.3. The molecule has 1 amide bonds. The summed E-state index contributed by atoms with van der Waals surface area (Å²) in [6.45, 7) is 1.18. The largest absolute Gasteiger partial charge is 0.490 e. The Kier molecular flexibility index (Phi) is 5.08. The van der Waals surface area contributed by atoms with E-state index in [0.29, 0.717) is 40.7 Å². The van der Waals surface area contributed by atoms with Crippen LogP contribution in [0.4, 0.5) is 24.5 Å². The zero-order valence-electron chi connectivity index (χ0n) is 13.4. The zero-order valence-corrected chi connectivity index (χ0v) is 14.1. The van der Waals surface area contributed by atoms with Crippen LogP contribution < -0.4 is 15.4 Å². The quantitative estimate of drug-likeness (QED) is 0.787. The average molecular weight is 383 g/mol. The molecule has 0 unspecified atom stereocenters. The first-order valence-electron chi connectivity index (χ1n) is 7.69. The van der Waals surface area contributed by atoms with Crippen LogP contribution in [0.1, 0.15) is 15.9 Å². The number of rotatable bonds is 3. The first-order chi connectivity index (χ1) is 12.3. The average Bonchev–Trinajstić information content (AvgIpc) is 2.60. The number of ether oxygens (including phenoxy) is 1. The molecule has 2 aromatic rings. The lowest BCUT2D eigenvalue weighted by Crippen LogP contribution is -2.19. The highest BCUT2D eigenvalue weighted by atomic mass is 35.5. The van der Waals surface area contributed by atoms with Crippen molar-refractivity contribution in [1.82, 2.24) is 0 Å². The molecule has 4 nitrogen and oxygen atoms in total. The molecule has 2 aromatic carbocycles. The number of benzene rings is 2. The van der Waals surface area contributed by atoms with Crippen LogP contribution in [0.25, 0.3) is 6.08 Å². The van der Waals surface area contributed by atoms with E-state index in [4.69, 9.17) is 16.3 Å². The highest BCUT2D eigenvalue weighted by Crippen LogP contribution is 2.36. The smallest absolute Gasteiger partial charge is 0.409 e. The first-order valence-corrected chi connectivity index (χ1v) is 8.07. The van der Waals surface area contributed by atoms with Crippen molar-refractivity contribution in [3.05, 3.63) is 58.6 Å². The molecule has 0 saturated carbocycles. The van der Waals surface area contributed by atoms with Crippen molar-refractivity contribution in [3.8, 4) is 5.75 Å². The summed E-state index contributed by atoms with van der Waals surface area (Å²) in [6, 6.07) is 9.03. The topological polar surface area (TPSA) is 50.4 Å². The number of carbonyl (C=O) groups is 1. The standard InChI is InChI=1S/C18H14ClF3N2O2/c19-13-9-15-16(26-8-7-23-15)10-14(13)24-17(25)12-3-1-11(2-4-12)5-6-18(20,21)22/h1-6,9-10,23H,7-8H2,(H,24,25)/b6-5+. The summed E-state index contributed by atoms with van der Waals surface area (Å²) >= 11 is 6.18. The van der Waals surface area contributed by atoms with Gasteiger partial charge in [0.2, 0.25) is 0 Å². The van der Waals surface area contributed by atoms with Gasteiger partial charge in [-0.1, -0.05) is 29.8 Å². The van der Waals surface area contributed by atoms with Gasteiger partial charge in [-0.05, 0) is 23.8 Å². The Balaban J connectivity index is 1.73. The SMILES string of the molecule is O=C(Nc1cc2c(cc1Cl)NCCO2)c1ccc(/C=C/C(F)(F)F)cc1. The van der Waals surface area contributed by atoms with Crippen LogP contribution in [-0.2, 0) is 0 Å². The Morgan fingerprint density at radius 2 is 1.96 bits per heavy atom. The molecule has 0 aromatic heterocycles. The lowest BCUT2D eigenvalue weighted by molar-refractivity contribution is -0.0790. The third-order valence-corrected chi connectivity index (χ3v) is 3.94. The molecule has 0 bridgehead atoms. The van der Waals surface area contributed by atoms with Gasteiger partial charge in [-0.3, -0.25) is 4.79 Å². The van der Waals surface area contributed by atoms with E-state index in [9.17, 15) is 18.0 Å². The fourth-order valence-corrected chi connectivity index (χ4v) is 2.60. The summed E-state index contributed by atoms with van der Waals surface area (Å²) < 4.78 is 42.0. The number of amides is 1. The van der Waals surface area contributed by atoms with Gasteiger partial charge in [0.1, 0.15) is 12.4 Å². The van der Waals surface area contributed by atoms with E-state index < -0.39 is 12.1 Å². The molecule has 0 saturated heterocycles. The molecule has 1 heterocycles. The Labute approximate surface area is 152 Å². The summed E-state index contributed by atoms with van der Waals surface area (Å²) in [7, 11) is 0. The highest BCUT2D eigenvalue weighted by Gasteiger charge is 2.21. The molecule has 0 aliphatic carbocycles. The minimum atomic E-state index is -4.38. The van der Waals surface area contributed by atoms with Crippen LogP contribution in [-0.4, -0.2) is 25.2 Å². The maximum absolute atomic E-state index is 12.3. The Bertz CT molecular complexity index is 849. The Hall–Kier alpha value is -2.67. The molecule has 136 valence electrons. The minimum absolute atomic E-state index is 0.142. The fraction of sp³-hybridized carbons (Fsp3) is 0.167. The molecule has 1 aliphatic heterocycles. The Morgan fingerprint density at radius 3 is 2.65 bits per heavy atom. The number of alkyl halides is 3. The molecule has 1 aliphatic rings. The van der Waals surface area contributed by atoms with Crippen LogP contribution in [0.2, 0.25) is 5.02 Å². The Morgan fingerprint density at radius 1 is 1.23 bits per heavy atom. The van der Waals surface area contributed by atoms with Gasteiger partial charge in [0.25, 0.3) is 5.91 Å². The number of anilines is 2. The van der Waals surface area contributed by atoms with Crippen molar-refractivity contribution in [2.24, 2.45) is 0 Å². The van der Waals surface area contributed by atoms with Gasteiger partial charge in [-0.25, -0.2) is 0 Å². The zero-order chi connectivity index (χ0) is 18.7. The summed E-state index contributed by atoms with van der Waals surface area (Å²) in [6.07, 6.45) is -3.30. The van der Waals surface area contributed by atoms with Crippen molar-refractivity contribution in [2.75, 3.05) is 23.8 Å². The molecule has 2 N–H and O–H groups in total. The third-order valence-electron chi connectivity index (χ3n) is 3.63. The number of carbonyl (C=O) groups excluding carboxylic acids is 1. The maximum atomic E-state index is 12.3. The molecule has 0 fully saturated rings. The monoisotopic (exact) mass is 382 g/mol. The van der Waals surface area contributed by atoms with E-state index in [0.717, 1.165) is 11.8 Å². The van der Waals surface area contributed by atoms with Gasteiger partial charge in [-0.15, -0.1) is 0 Å². The van der Waals surface area contributed by atoms with Crippen LogP contribution in [0.15, 0.2) is 42.5 Å². The lowest BCUT2D eigenvalue weighted by atomic mass is 10.1. The molecule has 3 rings (SSSR count). The van der Waals surface area contributed by atoms with E-state index in [2.05, 4.69) is 10.6 Å². The minimum Gasteiger partial charge on any atom is -0.490 e. The second kappa shape index (κ2) is 7.29. The van der Waals surface area contributed by atoms with Gasteiger partial charge >= 0.3 is 6.18 Å². The highest BCUT2D eigenvalue weighted by molar-refractivity contribution is 6.34. The van der Waals surface area contributed by atoms with Crippen molar-refractivity contribution in [1.29, 1.82) is 0 Å². The van der Waals surface area contributed by atoms with Gasteiger partial charge in [0, 0.05) is 24.3 Å². The molecular formula is C18H14ClF3N2O2. The summed E-state index contributed by atoms with van der Waals surface area (Å²) in [5, 5.41) is 6.16. The molecule has 8 heteroatoms. The number of fused-ring (bicyclic) bond motifs is 1. The van der Waals surface area contributed by atoms with Gasteiger partial charge in [-0.2, -0.15) is 13.2 Å². The molecule has 0 radical (unpaired) electrons. The van der Waals surface area contributed by atoms with Crippen molar-refractivity contribution in [3.63, 3.8) is 0 Å². The predicted molar refractivity (Wildman–Crippen MR) is 94.9 cm³/mol. The number of nitrogens with one attached hydrogen (secondary N) is 2. The fourth-order valence-electron chi connectivity index (χ4n) is 2.38. The molecule has 0 atom stereocenters. The van der Waals surface area contributed by atoms with Gasteiger partial charge in [0.05, 0.1) is 16.4 Å². The van der Waals surface area contributed by atoms with Gasteiger partial charge < -0.3 is 15.4 Å². The molecule has 26 heavy (non-hydrogen) atoms. The summed E-state index contributed by atoms with van der Waals surface area (Å²) in [5.74, 6) is 0.158. The summed E-state index contributed by atoms with van der Waals surface area (Å²) in [5.41, 5.74) is 1.77. The predicted octanol–water partition coefficient (Wildman–Crippen LogP) is 4.97. The van der Waals surface area contributed by atoms with Gasteiger partial charge in [0.15, 0.2) is 0 Å². The number of allylic oxidation sites excluding steroid dienone is 1. The third kappa shape index (κ3) is 4.49. The normalized spacial score (nSPS) is 13.7. The second-order valence-corrected chi connectivity index (χ2v) is 5.96. The number of hydrogen-bond acceptors (Lipinski definition) is 3. The van der Waals surface area contributed by atoms with E-state index >= 15 is 0 Å². The first kappa shape index (κ1) is 18.1. The van der Waals surface area contributed by atoms with Crippen LogP contribution in [0.5, 0.6) is 5.75 Å². The second-order valence-electron chi connectivity index (χ2n) is 5.55. The molecule has 0 spiro atoms.